The van der Waals surface area contributed by atoms with E-state index in [0.717, 1.165) is 0 Å². The second kappa shape index (κ2) is 6.27. The van der Waals surface area contributed by atoms with Gasteiger partial charge in [-0.05, 0) is 31.2 Å². The fourth-order valence-corrected chi connectivity index (χ4v) is 1.06. The van der Waals surface area contributed by atoms with E-state index in [1.165, 1.54) is 30.3 Å². The van der Waals surface area contributed by atoms with Gasteiger partial charge < -0.3 is 9.84 Å². The molecule has 0 fully saturated rings. The number of hydrogen-bond donors (Lipinski definition) is 1. The summed E-state index contributed by atoms with van der Waals surface area (Å²) in [6, 6.07) is 5.62. The molecule has 0 bridgehead atoms. The Hall–Kier alpha value is -2.36. The highest BCUT2D eigenvalue weighted by atomic mass is 16.5. The van der Waals surface area contributed by atoms with E-state index in [2.05, 4.69) is 0 Å². The van der Waals surface area contributed by atoms with Crippen LogP contribution in [0.4, 0.5) is 0 Å². The molecular weight excluding hydrogens is 220 g/mol. The average Bonchev–Trinajstić information content (AvgIpc) is 2.30. The van der Waals surface area contributed by atoms with Gasteiger partial charge in [0.1, 0.15) is 5.75 Å². The molecule has 0 aliphatic rings. The number of rotatable bonds is 4. The highest BCUT2D eigenvalue weighted by Crippen LogP contribution is 2.12. The molecule has 0 amide bonds. The molecule has 88 valence electrons. The quantitative estimate of drug-likeness (QED) is 0.375. The first kappa shape index (κ1) is 12.7. The van der Waals surface area contributed by atoms with Crippen molar-refractivity contribution in [2.75, 3.05) is 0 Å². The molecule has 0 aliphatic heterocycles. The zero-order valence-corrected chi connectivity index (χ0v) is 9.29. The van der Waals surface area contributed by atoms with E-state index in [-0.39, 0.29) is 5.56 Å². The molecule has 0 aromatic heterocycles. The number of allylic oxidation sites excluding steroid dienone is 3. The molecule has 1 aromatic carbocycles. The minimum Gasteiger partial charge on any atom is -0.478 e. The lowest BCUT2D eigenvalue weighted by atomic mass is 10.2. The Labute approximate surface area is 98.8 Å². The van der Waals surface area contributed by atoms with Crippen LogP contribution in [-0.4, -0.2) is 17.0 Å². The van der Waals surface area contributed by atoms with Gasteiger partial charge in [0.15, 0.2) is 0 Å². The molecule has 0 heterocycles. The summed E-state index contributed by atoms with van der Waals surface area (Å²) in [5.74, 6) is -1.22. The number of ether oxygens (including phenoxy) is 1. The van der Waals surface area contributed by atoms with Crippen molar-refractivity contribution in [3.05, 3.63) is 54.1 Å². The first-order valence-corrected chi connectivity index (χ1v) is 4.98. The molecule has 0 saturated heterocycles. The predicted molar refractivity (Wildman–Crippen MR) is 63.0 cm³/mol. The minimum absolute atomic E-state index is 0.147. The normalized spacial score (nSPS) is 10.9. The van der Waals surface area contributed by atoms with Gasteiger partial charge in [-0.25, -0.2) is 9.59 Å². The van der Waals surface area contributed by atoms with E-state index in [0.29, 0.717) is 5.75 Å². The van der Waals surface area contributed by atoms with Gasteiger partial charge in [0.25, 0.3) is 0 Å². The van der Waals surface area contributed by atoms with Crippen LogP contribution in [0.25, 0.3) is 0 Å². The Morgan fingerprint density at radius 2 is 1.82 bits per heavy atom. The molecule has 1 rings (SSSR count). The third kappa shape index (κ3) is 4.34. The number of esters is 1. The molecule has 17 heavy (non-hydrogen) atoms. The smallest absolute Gasteiger partial charge is 0.336 e. The number of carbonyl (C=O) groups is 2. The third-order valence-electron chi connectivity index (χ3n) is 1.86. The molecule has 0 aliphatic carbocycles. The van der Waals surface area contributed by atoms with Crippen LogP contribution < -0.4 is 4.74 Å². The van der Waals surface area contributed by atoms with Crippen LogP contribution in [0.15, 0.2) is 48.6 Å². The minimum atomic E-state index is -1.02. The second-order valence-corrected chi connectivity index (χ2v) is 3.14. The van der Waals surface area contributed by atoms with E-state index >= 15 is 0 Å². The number of aromatic carboxylic acids is 1. The molecule has 0 radical (unpaired) electrons. The monoisotopic (exact) mass is 232 g/mol. The summed E-state index contributed by atoms with van der Waals surface area (Å²) in [6.45, 7) is 1.83. The van der Waals surface area contributed by atoms with Crippen molar-refractivity contribution in [3.8, 4) is 5.75 Å². The van der Waals surface area contributed by atoms with Gasteiger partial charge in [0.05, 0.1) is 5.56 Å². The number of carbonyl (C=O) groups excluding carboxylic acids is 1. The predicted octanol–water partition coefficient (Wildman–Crippen LogP) is 2.42. The second-order valence-electron chi connectivity index (χ2n) is 3.14. The first-order chi connectivity index (χ1) is 8.13. The molecular formula is C13H12O4. The van der Waals surface area contributed by atoms with Crippen LogP contribution in [0, 0.1) is 0 Å². The van der Waals surface area contributed by atoms with Crippen LogP contribution in [-0.2, 0) is 4.79 Å². The van der Waals surface area contributed by atoms with Crippen molar-refractivity contribution in [2.24, 2.45) is 0 Å². The van der Waals surface area contributed by atoms with E-state index in [4.69, 9.17) is 9.84 Å². The Morgan fingerprint density at radius 1 is 1.18 bits per heavy atom. The van der Waals surface area contributed by atoms with Crippen LogP contribution in [0.5, 0.6) is 5.75 Å². The van der Waals surface area contributed by atoms with Gasteiger partial charge in [-0.2, -0.15) is 0 Å². The number of carboxylic acid groups (broad SMARTS) is 1. The van der Waals surface area contributed by atoms with Gasteiger partial charge in [-0.15, -0.1) is 0 Å². The molecule has 4 nitrogen and oxygen atoms in total. The van der Waals surface area contributed by atoms with Gasteiger partial charge in [0.2, 0.25) is 0 Å². The maximum atomic E-state index is 11.2. The largest absolute Gasteiger partial charge is 0.478 e. The maximum Gasteiger partial charge on any atom is 0.336 e. The van der Waals surface area contributed by atoms with Gasteiger partial charge >= 0.3 is 11.9 Å². The molecule has 1 N–H and O–H groups in total. The summed E-state index contributed by atoms with van der Waals surface area (Å²) in [5, 5.41) is 8.67. The highest BCUT2D eigenvalue weighted by Gasteiger charge is 2.03. The maximum absolute atomic E-state index is 11.2. The lowest BCUT2D eigenvalue weighted by molar-refractivity contribution is -0.128. The van der Waals surface area contributed by atoms with E-state index < -0.39 is 11.9 Å². The summed E-state index contributed by atoms with van der Waals surface area (Å²) >= 11 is 0. The topological polar surface area (TPSA) is 63.6 Å². The lowest BCUT2D eigenvalue weighted by Crippen LogP contribution is -2.04. The van der Waals surface area contributed by atoms with Gasteiger partial charge in [-0.3, -0.25) is 0 Å². The molecule has 0 unspecified atom stereocenters. The Morgan fingerprint density at radius 3 is 2.35 bits per heavy atom. The summed E-state index contributed by atoms with van der Waals surface area (Å²) in [5.41, 5.74) is 0.147. The third-order valence-corrected chi connectivity index (χ3v) is 1.86. The fraction of sp³-hybridized carbons (Fsp3) is 0.0769. The van der Waals surface area contributed by atoms with Crippen molar-refractivity contribution in [1.82, 2.24) is 0 Å². The van der Waals surface area contributed by atoms with Crippen LogP contribution in [0.2, 0.25) is 0 Å². The van der Waals surface area contributed by atoms with Crippen LogP contribution >= 0.6 is 0 Å². The standard InChI is InChI=1S/C13H12O4/c1-2-3-4-5-12(14)17-11-8-6-10(7-9-11)13(15)16/h2-9H,1H3,(H,15,16). The van der Waals surface area contributed by atoms with Crippen molar-refractivity contribution in [1.29, 1.82) is 0 Å². The number of benzene rings is 1. The first-order valence-electron chi connectivity index (χ1n) is 4.98. The zero-order valence-electron chi connectivity index (χ0n) is 9.29. The average molecular weight is 232 g/mol. The van der Waals surface area contributed by atoms with Crippen molar-refractivity contribution >= 4 is 11.9 Å². The van der Waals surface area contributed by atoms with Crippen molar-refractivity contribution in [3.63, 3.8) is 0 Å². The summed E-state index contributed by atoms with van der Waals surface area (Å²) < 4.78 is 4.94. The van der Waals surface area contributed by atoms with Gasteiger partial charge in [0, 0.05) is 6.08 Å². The fourth-order valence-electron chi connectivity index (χ4n) is 1.06. The molecule has 0 saturated carbocycles. The van der Waals surface area contributed by atoms with Crippen molar-refractivity contribution < 1.29 is 19.4 Å². The Bertz CT molecular complexity index is 455. The number of carboxylic acids is 1. The molecule has 4 heteroatoms. The highest BCUT2D eigenvalue weighted by molar-refractivity contribution is 5.88. The molecule has 1 aromatic rings. The molecule has 0 atom stereocenters. The zero-order chi connectivity index (χ0) is 12.7. The van der Waals surface area contributed by atoms with Crippen LogP contribution in [0.1, 0.15) is 17.3 Å². The van der Waals surface area contributed by atoms with E-state index in [9.17, 15) is 9.59 Å². The number of hydrogen-bond acceptors (Lipinski definition) is 3. The molecule has 0 spiro atoms. The summed E-state index contributed by atoms with van der Waals surface area (Å²) in [7, 11) is 0. The van der Waals surface area contributed by atoms with E-state index in [1.807, 2.05) is 6.92 Å². The Balaban J connectivity index is 2.63. The van der Waals surface area contributed by atoms with E-state index in [1.54, 1.807) is 18.2 Å². The SMILES string of the molecule is CC=CC=CC(=O)Oc1ccc(C(=O)O)cc1. The lowest BCUT2D eigenvalue weighted by Gasteiger charge is -2.01. The van der Waals surface area contributed by atoms with Crippen molar-refractivity contribution in [2.45, 2.75) is 6.92 Å². The van der Waals surface area contributed by atoms with Gasteiger partial charge in [-0.1, -0.05) is 18.2 Å². The van der Waals surface area contributed by atoms with Crippen LogP contribution in [0.3, 0.4) is 0 Å². The summed E-state index contributed by atoms with van der Waals surface area (Å²) in [4.78, 5) is 21.8. The Kier molecular flexibility index (Phi) is 4.69. The summed E-state index contributed by atoms with van der Waals surface area (Å²) in [6.07, 6.45) is 6.33.